The standard InChI is InChI=1S/C16H22O5/c1-14-5-3-6-15(2,13(18)19)10(14)4-7-16(20)9-21-12(17)8-11(14)16/h4,7,10-11,20H,3,5-6,8-9H2,1-2H3,(H,18,19)/t10?,11?,14-,15-,16?/m0/s1. The van der Waals surface area contributed by atoms with Crippen LogP contribution in [0.3, 0.4) is 0 Å². The molecule has 0 radical (unpaired) electrons. The summed E-state index contributed by atoms with van der Waals surface area (Å²) in [6.07, 6.45) is 5.93. The molecular weight excluding hydrogens is 272 g/mol. The zero-order valence-electron chi connectivity index (χ0n) is 12.5. The van der Waals surface area contributed by atoms with Gasteiger partial charge < -0.3 is 14.9 Å². The minimum absolute atomic E-state index is 0.0287. The van der Waals surface area contributed by atoms with E-state index < -0.39 is 22.4 Å². The second-order valence-electron chi connectivity index (χ2n) is 7.33. The Bertz CT molecular complexity index is 527. The fourth-order valence-corrected chi connectivity index (χ4v) is 4.87. The van der Waals surface area contributed by atoms with Gasteiger partial charge in [0.25, 0.3) is 0 Å². The number of carbonyl (C=O) groups is 2. The van der Waals surface area contributed by atoms with Gasteiger partial charge in [0, 0.05) is 5.92 Å². The molecule has 5 nitrogen and oxygen atoms in total. The summed E-state index contributed by atoms with van der Waals surface area (Å²) in [5.41, 5.74) is -2.39. The summed E-state index contributed by atoms with van der Waals surface area (Å²) in [7, 11) is 0. The molecule has 1 aliphatic heterocycles. The predicted octanol–water partition coefficient (Wildman–Crippen LogP) is 1.75. The lowest BCUT2D eigenvalue weighted by atomic mass is 9.46. The number of aliphatic carboxylic acids is 1. The number of hydrogen-bond donors (Lipinski definition) is 2. The third kappa shape index (κ3) is 1.86. The van der Waals surface area contributed by atoms with Gasteiger partial charge in [-0.1, -0.05) is 25.5 Å². The Morgan fingerprint density at radius 3 is 2.76 bits per heavy atom. The highest BCUT2D eigenvalue weighted by Crippen LogP contribution is 2.61. The molecule has 5 heteroatoms. The minimum Gasteiger partial charge on any atom is -0.481 e. The van der Waals surface area contributed by atoms with Crippen molar-refractivity contribution in [2.24, 2.45) is 22.7 Å². The van der Waals surface area contributed by atoms with Crippen LogP contribution in [0.4, 0.5) is 0 Å². The molecule has 0 spiro atoms. The molecule has 3 rings (SSSR count). The van der Waals surface area contributed by atoms with Crippen LogP contribution >= 0.6 is 0 Å². The van der Waals surface area contributed by atoms with Crippen molar-refractivity contribution in [2.75, 3.05) is 6.61 Å². The molecule has 116 valence electrons. The first-order valence-corrected chi connectivity index (χ1v) is 7.53. The summed E-state index contributed by atoms with van der Waals surface area (Å²) in [5, 5.41) is 20.5. The van der Waals surface area contributed by atoms with Crippen molar-refractivity contribution in [3.05, 3.63) is 12.2 Å². The van der Waals surface area contributed by atoms with Crippen molar-refractivity contribution in [1.82, 2.24) is 0 Å². The van der Waals surface area contributed by atoms with Gasteiger partial charge in [0.1, 0.15) is 12.2 Å². The fourth-order valence-electron chi connectivity index (χ4n) is 4.87. The van der Waals surface area contributed by atoms with Gasteiger partial charge in [-0.05, 0) is 31.1 Å². The first-order valence-electron chi connectivity index (χ1n) is 7.53. The van der Waals surface area contributed by atoms with Crippen molar-refractivity contribution in [3.8, 4) is 0 Å². The summed E-state index contributed by atoms with van der Waals surface area (Å²) in [5.74, 6) is -1.55. The number of carboxylic acid groups (broad SMARTS) is 1. The quantitative estimate of drug-likeness (QED) is 0.568. The third-order valence-electron chi connectivity index (χ3n) is 6.11. The molecule has 2 aliphatic carbocycles. The summed E-state index contributed by atoms with van der Waals surface area (Å²) >= 11 is 0. The van der Waals surface area contributed by atoms with Crippen LogP contribution in [0.15, 0.2) is 12.2 Å². The number of carbonyl (C=O) groups excluding carboxylic acids is 1. The van der Waals surface area contributed by atoms with Crippen LogP contribution in [0.2, 0.25) is 0 Å². The van der Waals surface area contributed by atoms with E-state index in [4.69, 9.17) is 4.74 Å². The number of carboxylic acids is 1. The molecular formula is C16H22O5. The average Bonchev–Trinajstić information content (AvgIpc) is 2.40. The number of esters is 1. The Balaban J connectivity index is 2.09. The number of aliphatic hydroxyl groups is 1. The predicted molar refractivity (Wildman–Crippen MR) is 74.3 cm³/mol. The zero-order chi connectivity index (χ0) is 15.5. The summed E-state index contributed by atoms with van der Waals surface area (Å²) in [6.45, 7) is 3.78. The van der Waals surface area contributed by atoms with Crippen LogP contribution in [0.25, 0.3) is 0 Å². The second-order valence-corrected chi connectivity index (χ2v) is 7.33. The Morgan fingerprint density at radius 2 is 2.10 bits per heavy atom. The van der Waals surface area contributed by atoms with E-state index in [2.05, 4.69) is 0 Å². The van der Waals surface area contributed by atoms with Gasteiger partial charge >= 0.3 is 11.9 Å². The molecule has 3 aliphatic rings. The van der Waals surface area contributed by atoms with E-state index in [1.54, 1.807) is 13.0 Å². The smallest absolute Gasteiger partial charge is 0.309 e. The van der Waals surface area contributed by atoms with Crippen LogP contribution < -0.4 is 0 Å². The van der Waals surface area contributed by atoms with Crippen LogP contribution in [0.5, 0.6) is 0 Å². The monoisotopic (exact) mass is 294 g/mol. The Kier molecular flexibility index (Phi) is 3.00. The highest BCUT2D eigenvalue weighted by atomic mass is 16.5. The van der Waals surface area contributed by atoms with Gasteiger partial charge in [0.15, 0.2) is 0 Å². The molecule has 0 aromatic rings. The number of cyclic esters (lactones) is 1. The molecule has 2 fully saturated rings. The minimum atomic E-state index is -1.16. The topological polar surface area (TPSA) is 83.8 Å². The van der Waals surface area contributed by atoms with Crippen LogP contribution in [-0.2, 0) is 14.3 Å². The Morgan fingerprint density at radius 1 is 1.38 bits per heavy atom. The van der Waals surface area contributed by atoms with E-state index in [1.807, 2.05) is 13.0 Å². The molecule has 0 amide bonds. The first kappa shape index (κ1) is 14.6. The molecule has 2 N–H and O–H groups in total. The van der Waals surface area contributed by atoms with E-state index in [0.717, 1.165) is 12.8 Å². The second kappa shape index (κ2) is 4.32. The maximum Gasteiger partial charge on any atom is 0.309 e. The summed E-state index contributed by atoms with van der Waals surface area (Å²) in [6, 6.07) is 0. The van der Waals surface area contributed by atoms with Crippen molar-refractivity contribution in [1.29, 1.82) is 0 Å². The summed E-state index contributed by atoms with van der Waals surface area (Å²) < 4.78 is 5.02. The fraction of sp³-hybridized carbons (Fsp3) is 0.750. The van der Waals surface area contributed by atoms with Crippen LogP contribution in [-0.4, -0.2) is 34.4 Å². The van der Waals surface area contributed by atoms with E-state index in [1.165, 1.54) is 0 Å². The lowest BCUT2D eigenvalue weighted by molar-refractivity contribution is -0.193. The van der Waals surface area contributed by atoms with Crippen molar-refractivity contribution < 1.29 is 24.5 Å². The van der Waals surface area contributed by atoms with E-state index in [0.29, 0.717) is 6.42 Å². The van der Waals surface area contributed by atoms with E-state index in [-0.39, 0.29) is 30.8 Å². The first-order chi connectivity index (χ1) is 9.72. The van der Waals surface area contributed by atoms with Crippen LogP contribution in [0.1, 0.15) is 39.5 Å². The highest BCUT2D eigenvalue weighted by molar-refractivity contribution is 5.76. The van der Waals surface area contributed by atoms with Crippen molar-refractivity contribution in [3.63, 3.8) is 0 Å². The van der Waals surface area contributed by atoms with Crippen molar-refractivity contribution in [2.45, 2.75) is 45.1 Å². The number of hydrogen-bond acceptors (Lipinski definition) is 4. The van der Waals surface area contributed by atoms with Gasteiger partial charge in [-0.3, -0.25) is 9.59 Å². The molecule has 0 aromatic carbocycles. The van der Waals surface area contributed by atoms with Gasteiger partial charge in [0.2, 0.25) is 0 Å². The van der Waals surface area contributed by atoms with Gasteiger partial charge in [-0.25, -0.2) is 0 Å². The number of ether oxygens (including phenoxy) is 1. The molecule has 1 saturated heterocycles. The van der Waals surface area contributed by atoms with Gasteiger partial charge in [-0.2, -0.15) is 0 Å². The highest BCUT2D eigenvalue weighted by Gasteiger charge is 2.62. The molecule has 1 heterocycles. The van der Waals surface area contributed by atoms with Gasteiger partial charge in [0.05, 0.1) is 11.8 Å². The molecule has 5 atom stereocenters. The number of fused-ring (bicyclic) bond motifs is 3. The maximum atomic E-state index is 11.8. The van der Waals surface area contributed by atoms with Gasteiger partial charge in [-0.15, -0.1) is 0 Å². The van der Waals surface area contributed by atoms with E-state index >= 15 is 0 Å². The van der Waals surface area contributed by atoms with Crippen LogP contribution in [0, 0.1) is 22.7 Å². The zero-order valence-corrected chi connectivity index (χ0v) is 12.5. The lowest BCUT2D eigenvalue weighted by Crippen LogP contribution is -2.61. The molecule has 0 bridgehead atoms. The van der Waals surface area contributed by atoms with E-state index in [9.17, 15) is 19.8 Å². The Hall–Kier alpha value is -1.36. The Labute approximate surface area is 124 Å². The lowest BCUT2D eigenvalue weighted by Gasteiger charge is -2.59. The molecule has 21 heavy (non-hydrogen) atoms. The summed E-state index contributed by atoms with van der Waals surface area (Å²) in [4.78, 5) is 23.5. The normalized spacial score (nSPS) is 49.0. The number of rotatable bonds is 1. The molecule has 1 saturated carbocycles. The van der Waals surface area contributed by atoms with Crippen molar-refractivity contribution >= 4 is 11.9 Å². The largest absolute Gasteiger partial charge is 0.481 e. The molecule has 3 unspecified atom stereocenters. The SMILES string of the molecule is C[C@]12CCC[C@](C)(C(=O)O)C1C=CC1(O)COC(=O)CC12. The maximum absolute atomic E-state index is 11.8. The third-order valence-corrected chi connectivity index (χ3v) is 6.11. The molecule has 0 aromatic heterocycles. The number of allylic oxidation sites excluding steroid dienone is 1. The average molecular weight is 294 g/mol.